The summed E-state index contributed by atoms with van der Waals surface area (Å²) in [5.74, 6) is 1.79. The van der Waals surface area contributed by atoms with Crippen molar-refractivity contribution in [3.05, 3.63) is 0 Å². The summed E-state index contributed by atoms with van der Waals surface area (Å²) in [7, 11) is 0. The van der Waals surface area contributed by atoms with Crippen LogP contribution in [-0.4, -0.2) is 29.3 Å². The van der Waals surface area contributed by atoms with Crippen LogP contribution in [0.1, 0.15) is 71.1 Å². The SMILES string of the molecule is CC(CS)CN(C1CCCCC1)C1CCCCC1. The lowest BCUT2D eigenvalue weighted by Gasteiger charge is -2.42. The molecule has 106 valence electrons. The van der Waals surface area contributed by atoms with Gasteiger partial charge in [0.1, 0.15) is 0 Å². The zero-order chi connectivity index (χ0) is 12.8. The lowest BCUT2D eigenvalue weighted by molar-refractivity contribution is 0.0696. The highest BCUT2D eigenvalue weighted by atomic mass is 32.1. The minimum Gasteiger partial charge on any atom is -0.297 e. The van der Waals surface area contributed by atoms with Crippen molar-refractivity contribution in [2.45, 2.75) is 83.2 Å². The molecule has 2 aliphatic rings. The molecule has 0 saturated heterocycles. The van der Waals surface area contributed by atoms with E-state index >= 15 is 0 Å². The second-order valence-corrected chi connectivity index (χ2v) is 6.93. The van der Waals surface area contributed by atoms with Crippen molar-refractivity contribution in [2.75, 3.05) is 12.3 Å². The van der Waals surface area contributed by atoms with Crippen LogP contribution < -0.4 is 0 Å². The number of rotatable bonds is 5. The van der Waals surface area contributed by atoms with E-state index in [4.69, 9.17) is 0 Å². The van der Waals surface area contributed by atoms with Crippen LogP contribution in [0.15, 0.2) is 0 Å². The average Bonchev–Trinajstić information content (AvgIpc) is 2.46. The van der Waals surface area contributed by atoms with Gasteiger partial charge in [0, 0.05) is 18.6 Å². The second kappa shape index (κ2) is 7.79. The highest BCUT2D eigenvalue weighted by Crippen LogP contribution is 2.30. The van der Waals surface area contributed by atoms with Crippen LogP contribution in [0.5, 0.6) is 0 Å². The molecule has 1 atom stereocenters. The number of hydrogen-bond donors (Lipinski definition) is 1. The first-order chi connectivity index (χ1) is 8.81. The third-order valence-electron chi connectivity index (χ3n) is 4.92. The summed E-state index contributed by atoms with van der Waals surface area (Å²) in [6.07, 6.45) is 14.6. The Morgan fingerprint density at radius 3 is 1.72 bits per heavy atom. The minimum atomic E-state index is 0.747. The van der Waals surface area contributed by atoms with E-state index in [9.17, 15) is 0 Å². The summed E-state index contributed by atoms with van der Waals surface area (Å²) in [4.78, 5) is 2.90. The highest BCUT2D eigenvalue weighted by Gasteiger charge is 2.29. The second-order valence-electron chi connectivity index (χ2n) is 6.57. The first-order valence-corrected chi connectivity index (χ1v) is 8.81. The molecule has 0 spiro atoms. The zero-order valence-electron chi connectivity index (χ0n) is 12.1. The van der Waals surface area contributed by atoms with Crippen molar-refractivity contribution in [2.24, 2.45) is 5.92 Å². The lowest BCUT2D eigenvalue weighted by Crippen LogP contribution is -2.47. The molecule has 0 aromatic carbocycles. The Labute approximate surface area is 119 Å². The Kier molecular flexibility index (Phi) is 6.37. The fourth-order valence-corrected chi connectivity index (χ4v) is 3.95. The van der Waals surface area contributed by atoms with Crippen molar-refractivity contribution < 1.29 is 0 Å². The normalized spacial score (nSPS) is 25.5. The largest absolute Gasteiger partial charge is 0.297 e. The van der Waals surface area contributed by atoms with E-state index in [2.05, 4.69) is 24.5 Å². The van der Waals surface area contributed by atoms with Crippen LogP contribution in [0.3, 0.4) is 0 Å². The Balaban J connectivity index is 1.95. The van der Waals surface area contributed by atoms with Crippen molar-refractivity contribution in [1.29, 1.82) is 0 Å². The molecule has 2 aliphatic carbocycles. The van der Waals surface area contributed by atoms with E-state index in [0.29, 0.717) is 0 Å². The van der Waals surface area contributed by atoms with E-state index in [1.807, 2.05) is 0 Å². The van der Waals surface area contributed by atoms with Crippen molar-refractivity contribution in [3.63, 3.8) is 0 Å². The van der Waals surface area contributed by atoms with Crippen LogP contribution in [0.2, 0.25) is 0 Å². The molecule has 18 heavy (non-hydrogen) atoms. The molecule has 1 nitrogen and oxygen atoms in total. The summed E-state index contributed by atoms with van der Waals surface area (Å²) in [6, 6.07) is 1.79. The van der Waals surface area contributed by atoms with E-state index in [1.165, 1.54) is 70.8 Å². The third kappa shape index (κ3) is 4.16. The molecule has 0 bridgehead atoms. The molecular formula is C16H31NS. The monoisotopic (exact) mass is 269 g/mol. The van der Waals surface area contributed by atoms with Gasteiger partial charge in [0.2, 0.25) is 0 Å². The fourth-order valence-electron chi connectivity index (χ4n) is 3.84. The molecule has 0 aromatic rings. The first-order valence-electron chi connectivity index (χ1n) is 8.18. The number of nitrogens with zero attached hydrogens (tertiary/aromatic N) is 1. The Morgan fingerprint density at radius 2 is 1.33 bits per heavy atom. The van der Waals surface area contributed by atoms with Crippen LogP contribution in [-0.2, 0) is 0 Å². The predicted octanol–water partition coefficient (Wildman–Crippen LogP) is 4.52. The van der Waals surface area contributed by atoms with Gasteiger partial charge >= 0.3 is 0 Å². The molecule has 0 heterocycles. The maximum absolute atomic E-state index is 4.49. The molecule has 0 amide bonds. The number of hydrogen-bond acceptors (Lipinski definition) is 2. The molecule has 0 N–H and O–H groups in total. The molecule has 1 unspecified atom stereocenters. The molecule has 0 radical (unpaired) electrons. The van der Waals surface area contributed by atoms with Gasteiger partial charge in [0.25, 0.3) is 0 Å². The van der Waals surface area contributed by atoms with Crippen LogP contribution in [0, 0.1) is 5.92 Å². The van der Waals surface area contributed by atoms with Crippen LogP contribution in [0.4, 0.5) is 0 Å². The van der Waals surface area contributed by atoms with Crippen LogP contribution >= 0.6 is 12.6 Å². The van der Waals surface area contributed by atoms with Crippen molar-refractivity contribution in [1.82, 2.24) is 4.90 Å². The smallest absolute Gasteiger partial charge is 0.00983 e. The lowest BCUT2D eigenvalue weighted by atomic mass is 9.88. The van der Waals surface area contributed by atoms with E-state index in [0.717, 1.165) is 23.8 Å². The van der Waals surface area contributed by atoms with Gasteiger partial charge in [-0.3, -0.25) is 4.90 Å². The van der Waals surface area contributed by atoms with Gasteiger partial charge in [0.05, 0.1) is 0 Å². The van der Waals surface area contributed by atoms with Gasteiger partial charge < -0.3 is 0 Å². The fraction of sp³-hybridized carbons (Fsp3) is 1.00. The Bertz CT molecular complexity index is 201. The Morgan fingerprint density at radius 1 is 0.889 bits per heavy atom. The quantitative estimate of drug-likeness (QED) is 0.718. The molecule has 2 rings (SSSR count). The average molecular weight is 269 g/mol. The van der Waals surface area contributed by atoms with Gasteiger partial charge in [-0.15, -0.1) is 0 Å². The van der Waals surface area contributed by atoms with Crippen molar-refractivity contribution >= 4 is 12.6 Å². The summed E-state index contributed by atoms with van der Waals surface area (Å²) < 4.78 is 0. The molecule has 2 saturated carbocycles. The third-order valence-corrected chi connectivity index (χ3v) is 5.54. The zero-order valence-corrected chi connectivity index (χ0v) is 13.0. The maximum atomic E-state index is 4.49. The van der Waals surface area contributed by atoms with E-state index in [-0.39, 0.29) is 0 Å². The number of thiol groups is 1. The summed E-state index contributed by atoms with van der Waals surface area (Å²) in [6.45, 7) is 3.66. The van der Waals surface area contributed by atoms with Gasteiger partial charge in [-0.25, -0.2) is 0 Å². The van der Waals surface area contributed by atoms with Crippen LogP contribution in [0.25, 0.3) is 0 Å². The first kappa shape index (κ1) is 14.7. The molecule has 0 aromatic heterocycles. The topological polar surface area (TPSA) is 3.24 Å². The highest BCUT2D eigenvalue weighted by molar-refractivity contribution is 7.80. The molecular weight excluding hydrogens is 238 g/mol. The van der Waals surface area contributed by atoms with Gasteiger partial charge in [-0.05, 0) is 37.4 Å². The van der Waals surface area contributed by atoms with Gasteiger partial charge in [-0.2, -0.15) is 12.6 Å². The molecule has 2 heteroatoms. The molecule has 0 aliphatic heterocycles. The van der Waals surface area contributed by atoms with Gasteiger partial charge in [-0.1, -0.05) is 45.4 Å². The Hall–Kier alpha value is 0.310. The van der Waals surface area contributed by atoms with E-state index in [1.54, 1.807) is 0 Å². The minimum absolute atomic E-state index is 0.747. The summed E-state index contributed by atoms with van der Waals surface area (Å²) >= 11 is 4.49. The standard InChI is InChI=1S/C16H31NS/c1-14(13-18)12-17(15-8-4-2-5-9-15)16-10-6-3-7-11-16/h14-16,18H,2-13H2,1H3. The van der Waals surface area contributed by atoms with Gasteiger partial charge in [0.15, 0.2) is 0 Å². The summed E-state index contributed by atoms with van der Waals surface area (Å²) in [5, 5.41) is 0. The van der Waals surface area contributed by atoms with Crippen molar-refractivity contribution in [3.8, 4) is 0 Å². The summed E-state index contributed by atoms with van der Waals surface area (Å²) in [5.41, 5.74) is 0. The predicted molar refractivity (Wildman–Crippen MR) is 83.5 cm³/mol. The molecule has 2 fully saturated rings. The maximum Gasteiger partial charge on any atom is 0.00983 e. The van der Waals surface area contributed by atoms with E-state index < -0.39 is 0 Å².